The van der Waals surface area contributed by atoms with Gasteiger partial charge in [0.05, 0.1) is 29.2 Å². The summed E-state index contributed by atoms with van der Waals surface area (Å²) in [4.78, 5) is 46.6. The number of aliphatic hydroxyl groups is 1. The number of fused-ring (bicyclic) bond motifs is 1. The highest BCUT2D eigenvalue weighted by molar-refractivity contribution is 8.02. The number of rotatable bonds is 11. The summed E-state index contributed by atoms with van der Waals surface area (Å²) in [5.74, 6) is -1.90. The van der Waals surface area contributed by atoms with E-state index in [4.69, 9.17) is 0 Å². The Morgan fingerprint density at radius 2 is 1.62 bits per heavy atom. The monoisotopic (exact) mass is 592 g/mol. The van der Waals surface area contributed by atoms with E-state index in [1.807, 2.05) is 68.4 Å². The molecule has 0 aliphatic carbocycles. The van der Waals surface area contributed by atoms with E-state index in [1.165, 1.54) is 0 Å². The maximum absolute atomic E-state index is 14.5. The number of hydrogen-bond acceptors (Lipinski definition) is 6. The lowest BCUT2D eigenvalue weighted by molar-refractivity contribution is -0.142. The number of carbonyl (C=O) groups excluding carboxylic acids is 3. The molecule has 0 radical (unpaired) electrons. The first-order valence-corrected chi connectivity index (χ1v) is 16.1. The van der Waals surface area contributed by atoms with Crippen LogP contribution in [0.4, 0.5) is 17.1 Å². The van der Waals surface area contributed by atoms with Crippen molar-refractivity contribution in [3.8, 4) is 0 Å². The molecule has 3 N–H and O–H groups in total. The van der Waals surface area contributed by atoms with Crippen LogP contribution in [0.25, 0.3) is 0 Å². The average molecular weight is 593 g/mol. The van der Waals surface area contributed by atoms with Gasteiger partial charge in [-0.15, -0.1) is 11.8 Å². The summed E-state index contributed by atoms with van der Waals surface area (Å²) in [7, 11) is 0. The van der Waals surface area contributed by atoms with E-state index in [1.54, 1.807) is 16.7 Å². The van der Waals surface area contributed by atoms with Crippen molar-refractivity contribution in [1.82, 2.24) is 4.90 Å². The number of aliphatic hydroxyl groups excluding tert-OH is 1. The highest BCUT2D eigenvalue weighted by Gasteiger charge is 2.77. The zero-order chi connectivity index (χ0) is 30.2. The van der Waals surface area contributed by atoms with Crippen LogP contribution in [-0.4, -0.2) is 69.0 Å². The normalized spacial score (nSPS) is 29.2. The van der Waals surface area contributed by atoms with Crippen molar-refractivity contribution in [2.75, 3.05) is 35.2 Å². The predicted octanol–water partition coefficient (Wildman–Crippen LogP) is 5.00. The van der Waals surface area contributed by atoms with Crippen LogP contribution in [-0.2, 0) is 14.4 Å². The largest absolute Gasteiger partial charge is 0.394 e. The first-order chi connectivity index (χ1) is 20.1. The van der Waals surface area contributed by atoms with Gasteiger partial charge in [0.2, 0.25) is 17.7 Å². The molecule has 1 spiro atoms. The summed E-state index contributed by atoms with van der Waals surface area (Å²) in [5.41, 5.74) is 2.43. The fourth-order valence-electron chi connectivity index (χ4n) is 7.53. The average Bonchev–Trinajstić information content (AvgIpc) is 3.56. The van der Waals surface area contributed by atoms with Gasteiger partial charge in [-0.05, 0) is 75.9 Å². The Balaban J connectivity index is 1.51. The van der Waals surface area contributed by atoms with E-state index < -0.39 is 33.4 Å². The molecule has 3 aliphatic heterocycles. The van der Waals surface area contributed by atoms with Gasteiger partial charge >= 0.3 is 0 Å². The van der Waals surface area contributed by atoms with Crippen LogP contribution in [0.2, 0.25) is 0 Å². The van der Waals surface area contributed by atoms with Crippen molar-refractivity contribution < 1.29 is 19.5 Å². The molecule has 3 fully saturated rings. The molecule has 3 heterocycles. The zero-order valence-electron chi connectivity index (χ0n) is 25.3. The third kappa shape index (κ3) is 4.98. The molecule has 3 amide bonds. The molecule has 2 unspecified atom stereocenters. The van der Waals surface area contributed by atoms with Gasteiger partial charge in [0.15, 0.2) is 0 Å². The van der Waals surface area contributed by atoms with Gasteiger partial charge in [0.1, 0.15) is 6.04 Å². The Morgan fingerprint density at radius 1 is 1.00 bits per heavy atom. The first-order valence-electron chi connectivity index (χ1n) is 15.3. The highest BCUT2D eigenvalue weighted by Crippen LogP contribution is 2.71. The quantitative estimate of drug-likeness (QED) is 0.340. The second-order valence-corrected chi connectivity index (χ2v) is 14.1. The number of nitrogens with one attached hydrogen (secondary N) is 2. The Bertz CT molecular complexity index is 1300. The lowest BCUT2D eigenvalue weighted by Gasteiger charge is -2.39. The summed E-state index contributed by atoms with van der Waals surface area (Å²) >= 11 is 1.64. The highest BCUT2D eigenvalue weighted by atomic mass is 32.2. The van der Waals surface area contributed by atoms with E-state index in [9.17, 15) is 19.5 Å². The molecule has 2 aromatic carbocycles. The van der Waals surface area contributed by atoms with Gasteiger partial charge in [-0.25, -0.2) is 0 Å². The van der Waals surface area contributed by atoms with E-state index in [0.717, 1.165) is 31.6 Å². The van der Waals surface area contributed by atoms with Crippen molar-refractivity contribution in [1.29, 1.82) is 0 Å². The molecule has 2 bridgehead atoms. The van der Waals surface area contributed by atoms with Crippen LogP contribution >= 0.6 is 11.8 Å². The SMILES string of the molecule is CC[C@H](C)[C@H](CO)N1C(=O)[C@@H]2[C@@H](C(=O)Nc3ccccc3)[C@@]3(C)CCC2(S3)C1C(=O)Nc1ccc(N(CC)CC)cc1. The number of thioether (sulfide) groups is 1. The second kappa shape index (κ2) is 11.9. The van der Waals surface area contributed by atoms with E-state index >= 15 is 0 Å². The summed E-state index contributed by atoms with van der Waals surface area (Å²) in [6.45, 7) is 11.8. The van der Waals surface area contributed by atoms with Crippen molar-refractivity contribution >= 4 is 46.5 Å². The molecule has 3 saturated heterocycles. The number of anilines is 3. The molecular formula is C33H44N4O4S. The first kappa shape index (κ1) is 30.4. The van der Waals surface area contributed by atoms with Crippen molar-refractivity contribution in [2.45, 2.75) is 75.5 Å². The molecule has 42 heavy (non-hydrogen) atoms. The van der Waals surface area contributed by atoms with Gasteiger partial charge in [-0.3, -0.25) is 14.4 Å². The van der Waals surface area contributed by atoms with Crippen LogP contribution in [0, 0.1) is 17.8 Å². The number of amides is 3. The number of nitrogens with zero attached hydrogens (tertiary/aromatic N) is 2. The lowest BCUT2D eigenvalue weighted by atomic mass is 9.66. The smallest absolute Gasteiger partial charge is 0.248 e. The maximum atomic E-state index is 14.5. The Morgan fingerprint density at radius 3 is 2.21 bits per heavy atom. The molecule has 2 aromatic rings. The summed E-state index contributed by atoms with van der Waals surface area (Å²) in [6.07, 6.45) is 2.14. The summed E-state index contributed by atoms with van der Waals surface area (Å²) in [5, 5.41) is 16.7. The number of para-hydroxylation sites is 1. The number of hydrogen-bond donors (Lipinski definition) is 3. The van der Waals surface area contributed by atoms with Crippen molar-refractivity contribution in [3.05, 3.63) is 54.6 Å². The van der Waals surface area contributed by atoms with E-state index in [0.29, 0.717) is 17.8 Å². The summed E-state index contributed by atoms with van der Waals surface area (Å²) < 4.78 is -1.23. The van der Waals surface area contributed by atoms with E-state index in [-0.39, 0.29) is 30.2 Å². The van der Waals surface area contributed by atoms with Crippen LogP contribution in [0.3, 0.4) is 0 Å². The standard InChI is InChI=1S/C33H44N4O4S/c1-6-21(4)25(20-38)37-28(30(40)35-23-14-16-24(17-15-23)36(7-2)8-3)33-19-18-32(5,42-33)26(27(33)31(37)41)29(39)34-22-12-10-9-11-13-22/h9-17,21,25-28,38H,6-8,18-20H2,1-5H3,(H,34,39)(H,35,40)/t21-,25-,26-,27-,28?,32+,33?/m0/s1. The number of likely N-dealkylation sites (tertiary alicyclic amines) is 1. The van der Waals surface area contributed by atoms with Crippen LogP contribution in [0.15, 0.2) is 54.6 Å². The minimum absolute atomic E-state index is 0.0211. The molecular weight excluding hydrogens is 548 g/mol. The molecule has 226 valence electrons. The number of carbonyl (C=O) groups is 3. The Labute approximate surface area is 253 Å². The fraction of sp³-hybridized carbons (Fsp3) is 0.545. The Kier molecular flexibility index (Phi) is 8.63. The number of benzene rings is 2. The third-order valence-corrected chi connectivity index (χ3v) is 11.9. The minimum Gasteiger partial charge on any atom is -0.394 e. The van der Waals surface area contributed by atoms with Gasteiger partial charge in [0.25, 0.3) is 0 Å². The predicted molar refractivity (Wildman–Crippen MR) is 170 cm³/mol. The Hall–Kier alpha value is -3.04. The molecule has 9 heteroatoms. The van der Waals surface area contributed by atoms with Gasteiger partial charge < -0.3 is 25.5 Å². The molecule has 0 saturated carbocycles. The molecule has 7 atom stereocenters. The fourth-order valence-corrected chi connectivity index (χ4v) is 9.87. The zero-order valence-corrected chi connectivity index (χ0v) is 26.1. The molecule has 8 nitrogen and oxygen atoms in total. The van der Waals surface area contributed by atoms with Gasteiger partial charge in [-0.2, -0.15) is 0 Å². The minimum atomic E-state index is -0.801. The summed E-state index contributed by atoms with van der Waals surface area (Å²) in [6, 6.07) is 15.8. The topological polar surface area (TPSA) is 102 Å². The van der Waals surface area contributed by atoms with Crippen molar-refractivity contribution in [3.63, 3.8) is 0 Å². The molecule has 5 rings (SSSR count). The lowest BCUT2D eigenvalue weighted by Crippen LogP contribution is -2.56. The van der Waals surface area contributed by atoms with Crippen LogP contribution < -0.4 is 15.5 Å². The molecule has 0 aromatic heterocycles. The maximum Gasteiger partial charge on any atom is 0.248 e. The van der Waals surface area contributed by atoms with Crippen molar-refractivity contribution in [2.24, 2.45) is 17.8 Å². The third-order valence-electron chi connectivity index (χ3n) is 9.90. The van der Waals surface area contributed by atoms with Gasteiger partial charge in [0, 0.05) is 34.9 Å². The second-order valence-electron chi connectivity index (χ2n) is 12.2. The van der Waals surface area contributed by atoms with Crippen LogP contribution in [0.1, 0.15) is 53.9 Å². The van der Waals surface area contributed by atoms with Crippen LogP contribution in [0.5, 0.6) is 0 Å². The van der Waals surface area contributed by atoms with E-state index in [2.05, 4.69) is 36.3 Å². The van der Waals surface area contributed by atoms with Gasteiger partial charge in [-0.1, -0.05) is 38.5 Å². The molecule has 3 aliphatic rings.